The van der Waals surface area contributed by atoms with Gasteiger partial charge in [-0.15, -0.1) is 0 Å². The number of nitrogens with one attached hydrogen (secondary N) is 1. The van der Waals surface area contributed by atoms with E-state index in [1.165, 1.54) is 12.1 Å². The Morgan fingerprint density at radius 1 is 1.22 bits per heavy atom. The maximum atomic E-state index is 12.1. The van der Waals surface area contributed by atoms with Crippen molar-refractivity contribution in [3.63, 3.8) is 0 Å². The Bertz CT molecular complexity index is 454. The van der Waals surface area contributed by atoms with Crippen LogP contribution in [-0.2, 0) is 16.6 Å². The van der Waals surface area contributed by atoms with Gasteiger partial charge in [0.25, 0.3) is 0 Å². The van der Waals surface area contributed by atoms with E-state index in [4.69, 9.17) is 5.11 Å². The number of rotatable bonds is 7. The molecule has 0 amide bonds. The second-order valence-corrected chi connectivity index (χ2v) is 6.03. The van der Waals surface area contributed by atoms with Gasteiger partial charge in [0.15, 0.2) is 0 Å². The lowest BCUT2D eigenvalue weighted by Crippen LogP contribution is -2.34. The standard InChI is InChI=1S/C13H21NO3S/c1-3-5-12(4-2)14-18(16,17)13-8-6-11(10-15)7-9-13/h6-9,12,14-15H,3-5,10H2,1-2H3. The van der Waals surface area contributed by atoms with Crippen molar-refractivity contribution in [2.24, 2.45) is 0 Å². The summed E-state index contributed by atoms with van der Waals surface area (Å²) in [6.07, 6.45) is 2.57. The van der Waals surface area contributed by atoms with Gasteiger partial charge in [-0.3, -0.25) is 0 Å². The summed E-state index contributed by atoms with van der Waals surface area (Å²) in [4.78, 5) is 0.245. The summed E-state index contributed by atoms with van der Waals surface area (Å²) in [5.41, 5.74) is 0.703. The second-order valence-electron chi connectivity index (χ2n) is 4.32. The lowest BCUT2D eigenvalue weighted by atomic mass is 10.1. The highest BCUT2D eigenvalue weighted by Crippen LogP contribution is 2.13. The van der Waals surface area contributed by atoms with Gasteiger partial charge in [-0.05, 0) is 30.5 Å². The molecule has 0 radical (unpaired) electrons. The highest BCUT2D eigenvalue weighted by Gasteiger charge is 2.18. The number of aliphatic hydroxyl groups is 1. The topological polar surface area (TPSA) is 66.4 Å². The maximum Gasteiger partial charge on any atom is 0.240 e. The van der Waals surface area contributed by atoms with E-state index in [0.717, 1.165) is 19.3 Å². The van der Waals surface area contributed by atoms with Crippen molar-refractivity contribution in [2.45, 2.75) is 50.7 Å². The average molecular weight is 271 g/mol. The molecule has 4 nitrogen and oxygen atoms in total. The van der Waals surface area contributed by atoms with Crippen LogP contribution in [0.3, 0.4) is 0 Å². The SMILES string of the molecule is CCCC(CC)NS(=O)(=O)c1ccc(CO)cc1. The van der Waals surface area contributed by atoms with Gasteiger partial charge in [-0.2, -0.15) is 0 Å². The van der Waals surface area contributed by atoms with Crippen molar-refractivity contribution in [3.05, 3.63) is 29.8 Å². The molecular formula is C13H21NO3S. The minimum Gasteiger partial charge on any atom is -0.392 e. The summed E-state index contributed by atoms with van der Waals surface area (Å²) in [5, 5.41) is 8.92. The van der Waals surface area contributed by atoms with E-state index in [-0.39, 0.29) is 17.5 Å². The van der Waals surface area contributed by atoms with Crippen molar-refractivity contribution >= 4 is 10.0 Å². The van der Waals surface area contributed by atoms with Crippen LogP contribution in [0.2, 0.25) is 0 Å². The average Bonchev–Trinajstić information content (AvgIpc) is 2.38. The van der Waals surface area contributed by atoms with E-state index in [9.17, 15) is 8.42 Å². The quantitative estimate of drug-likeness (QED) is 0.797. The lowest BCUT2D eigenvalue weighted by Gasteiger charge is -2.16. The molecule has 0 bridgehead atoms. The fraction of sp³-hybridized carbons (Fsp3) is 0.538. The van der Waals surface area contributed by atoms with E-state index < -0.39 is 10.0 Å². The van der Waals surface area contributed by atoms with Gasteiger partial charge < -0.3 is 5.11 Å². The molecule has 0 fully saturated rings. The normalized spacial score (nSPS) is 13.5. The number of sulfonamides is 1. The monoisotopic (exact) mass is 271 g/mol. The predicted octanol–water partition coefficient (Wildman–Crippen LogP) is 2.04. The fourth-order valence-electron chi connectivity index (χ4n) is 1.76. The Hall–Kier alpha value is -0.910. The van der Waals surface area contributed by atoms with Gasteiger partial charge in [-0.25, -0.2) is 13.1 Å². The Morgan fingerprint density at radius 3 is 2.28 bits per heavy atom. The molecule has 0 heterocycles. The molecule has 0 aliphatic rings. The molecule has 0 aliphatic heterocycles. The van der Waals surface area contributed by atoms with Gasteiger partial charge in [0.05, 0.1) is 11.5 Å². The Labute approximate surface area is 109 Å². The van der Waals surface area contributed by atoms with Crippen molar-refractivity contribution in [2.75, 3.05) is 0 Å². The molecule has 102 valence electrons. The van der Waals surface area contributed by atoms with E-state index in [0.29, 0.717) is 5.56 Å². The van der Waals surface area contributed by atoms with Crippen molar-refractivity contribution in [3.8, 4) is 0 Å². The van der Waals surface area contributed by atoms with Gasteiger partial charge in [0, 0.05) is 6.04 Å². The van der Waals surface area contributed by atoms with E-state index in [1.54, 1.807) is 12.1 Å². The Morgan fingerprint density at radius 2 is 1.83 bits per heavy atom. The zero-order valence-corrected chi connectivity index (χ0v) is 11.7. The zero-order chi connectivity index (χ0) is 13.6. The first-order valence-corrected chi connectivity index (χ1v) is 7.74. The van der Waals surface area contributed by atoms with E-state index >= 15 is 0 Å². The van der Waals surface area contributed by atoms with Crippen molar-refractivity contribution < 1.29 is 13.5 Å². The summed E-state index contributed by atoms with van der Waals surface area (Å²) in [7, 11) is -3.45. The van der Waals surface area contributed by atoms with Crippen LogP contribution in [0.15, 0.2) is 29.2 Å². The molecule has 1 aromatic carbocycles. The third kappa shape index (κ3) is 4.08. The van der Waals surface area contributed by atoms with Crippen LogP contribution in [0.25, 0.3) is 0 Å². The second kappa shape index (κ2) is 6.87. The van der Waals surface area contributed by atoms with Gasteiger partial charge >= 0.3 is 0 Å². The van der Waals surface area contributed by atoms with Crippen molar-refractivity contribution in [1.29, 1.82) is 0 Å². The number of hydrogen-bond donors (Lipinski definition) is 2. The zero-order valence-electron chi connectivity index (χ0n) is 10.9. The Kier molecular flexibility index (Phi) is 5.78. The molecule has 0 saturated carbocycles. The number of hydrogen-bond acceptors (Lipinski definition) is 3. The van der Waals surface area contributed by atoms with Crippen LogP contribution in [0.1, 0.15) is 38.7 Å². The highest BCUT2D eigenvalue weighted by molar-refractivity contribution is 7.89. The largest absolute Gasteiger partial charge is 0.392 e. The highest BCUT2D eigenvalue weighted by atomic mass is 32.2. The van der Waals surface area contributed by atoms with E-state index in [1.807, 2.05) is 13.8 Å². The molecule has 2 N–H and O–H groups in total. The smallest absolute Gasteiger partial charge is 0.240 e. The van der Waals surface area contributed by atoms with E-state index in [2.05, 4.69) is 4.72 Å². The van der Waals surface area contributed by atoms with Crippen LogP contribution >= 0.6 is 0 Å². The van der Waals surface area contributed by atoms with Crippen LogP contribution in [0, 0.1) is 0 Å². The molecule has 5 heteroatoms. The molecule has 1 atom stereocenters. The first-order chi connectivity index (χ1) is 8.53. The lowest BCUT2D eigenvalue weighted by molar-refractivity contribution is 0.282. The van der Waals surface area contributed by atoms with Crippen LogP contribution in [-0.4, -0.2) is 19.6 Å². The van der Waals surface area contributed by atoms with Gasteiger partial charge in [0.2, 0.25) is 10.0 Å². The minimum absolute atomic E-state index is 0.0162. The third-order valence-corrected chi connectivity index (χ3v) is 4.40. The summed E-state index contributed by atoms with van der Waals surface area (Å²) in [6, 6.07) is 6.27. The maximum absolute atomic E-state index is 12.1. The molecule has 1 aromatic rings. The summed E-state index contributed by atoms with van der Waals surface area (Å²) >= 11 is 0. The summed E-state index contributed by atoms with van der Waals surface area (Å²) < 4.78 is 26.9. The third-order valence-electron chi connectivity index (χ3n) is 2.87. The molecule has 18 heavy (non-hydrogen) atoms. The summed E-state index contributed by atoms with van der Waals surface area (Å²) in [5.74, 6) is 0. The minimum atomic E-state index is -3.45. The first kappa shape index (κ1) is 15.1. The number of benzene rings is 1. The van der Waals surface area contributed by atoms with Crippen LogP contribution < -0.4 is 4.72 Å². The van der Waals surface area contributed by atoms with Crippen LogP contribution in [0.5, 0.6) is 0 Å². The predicted molar refractivity (Wildman–Crippen MR) is 71.7 cm³/mol. The van der Waals surface area contributed by atoms with Gasteiger partial charge in [-0.1, -0.05) is 32.4 Å². The molecule has 1 unspecified atom stereocenters. The van der Waals surface area contributed by atoms with Gasteiger partial charge in [0.1, 0.15) is 0 Å². The fourth-order valence-corrected chi connectivity index (χ4v) is 3.11. The van der Waals surface area contributed by atoms with Crippen LogP contribution in [0.4, 0.5) is 0 Å². The number of aliphatic hydroxyl groups excluding tert-OH is 1. The summed E-state index contributed by atoms with van der Waals surface area (Å²) in [6.45, 7) is 3.92. The molecule has 1 rings (SSSR count). The molecule has 0 spiro atoms. The molecular weight excluding hydrogens is 250 g/mol. The first-order valence-electron chi connectivity index (χ1n) is 6.25. The molecule has 0 aromatic heterocycles. The Balaban J connectivity index is 2.84. The van der Waals surface area contributed by atoms with Crippen molar-refractivity contribution in [1.82, 2.24) is 4.72 Å². The molecule has 0 saturated heterocycles. The molecule has 0 aliphatic carbocycles.